The molecule has 3 heteroatoms. The van der Waals surface area contributed by atoms with Crippen LogP contribution in [0.4, 0.5) is 4.39 Å². The Morgan fingerprint density at radius 2 is 1.91 bits per heavy atom. The van der Waals surface area contributed by atoms with Crippen LogP contribution in [0.3, 0.4) is 0 Å². The minimum Gasteiger partial charge on any atom is -0.205 e. The molecule has 0 radical (unpaired) electrons. The van der Waals surface area contributed by atoms with Crippen LogP contribution in [0.2, 0.25) is 23.2 Å². The highest BCUT2D eigenvalue weighted by molar-refractivity contribution is 6.58. The zero-order chi connectivity index (χ0) is 16.5. The molecule has 0 bridgehead atoms. The van der Waals surface area contributed by atoms with E-state index < -0.39 is 0 Å². The molecule has 0 aromatic heterocycles. The number of aryl methyl sites for hydroxylation is 1. The van der Waals surface area contributed by atoms with Crippen molar-refractivity contribution in [2.75, 3.05) is 0 Å². The number of unbranched alkanes of at least 4 members (excludes halogenated alkanes) is 3. The van der Waals surface area contributed by atoms with Crippen molar-refractivity contribution in [1.29, 1.82) is 0 Å². The van der Waals surface area contributed by atoms with Crippen LogP contribution in [0.15, 0.2) is 18.2 Å². The van der Waals surface area contributed by atoms with Crippen molar-refractivity contribution in [3.8, 4) is 0 Å². The smallest absolute Gasteiger partial charge is 0.142 e. The molecule has 130 valence electrons. The van der Waals surface area contributed by atoms with Crippen LogP contribution in [0.5, 0.6) is 0 Å². The first-order valence-corrected chi connectivity index (χ1v) is 12.5. The van der Waals surface area contributed by atoms with Crippen molar-refractivity contribution < 1.29 is 4.39 Å². The molecule has 0 aliphatic carbocycles. The van der Waals surface area contributed by atoms with Crippen LogP contribution in [0.1, 0.15) is 63.9 Å². The van der Waals surface area contributed by atoms with Gasteiger partial charge in [0.05, 0.1) is 5.02 Å². The highest BCUT2D eigenvalue weighted by atomic mass is 35.5. The third kappa shape index (κ3) is 6.97. The van der Waals surface area contributed by atoms with Crippen LogP contribution in [-0.2, 0) is 6.42 Å². The molecular weight excluding hydrogens is 323 g/mol. The van der Waals surface area contributed by atoms with Crippen molar-refractivity contribution in [2.24, 2.45) is 5.92 Å². The average molecular weight is 355 g/mol. The fourth-order valence-electron chi connectivity index (χ4n) is 3.95. The lowest BCUT2D eigenvalue weighted by Crippen LogP contribution is -2.21. The first-order chi connectivity index (χ1) is 11.2. The van der Waals surface area contributed by atoms with Gasteiger partial charge in [0.1, 0.15) is 5.82 Å². The second-order valence-corrected chi connectivity index (χ2v) is 11.2. The Morgan fingerprint density at radius 3 is 2.61 bits per heavy atom. The lowest BCUT2D eigenvalue weighted by Gasteiger charge is -2.27. The van der Waals surface area contributed by atoms with E-state index in [4.69, 9.17) is 11.6 Å². The summed E-state index contributed by atoms with van der Waals surface area (Å²) in [5.41, 5.74) is 1.08. The molecule has 23 heavy (non-hydrogen) atoms. The predicted octanol–water partition coefficient (Wildman–Crippen LogP) is 7.02. The Labute approximate surface area is 148 Å². The maximum absolute atomic E-state index is 13.4. The van der Waals surface area contributed by atoms with Crippen molar-refractivity contribution >= 4 is 20.4 Å². The van der Waals surface area contributed by atoms with Crippen molar-refractivity contribution in [3.63, 3.8) is 0 Å². The van der Waals surface area contributed by atoms with Crippen LogP contribution >= 0.6 is 11.6 Å². The molecule has 0 N–H and O–H groups in total. The summed E-state index contributed by atoms with van der Waals surface area (Å²) in [5.74, 6) is 0.697. The summed E-state index contributed by atoms with van der Waals surface area (Å²) in [6, 6.07) is 10.0. The van der Waals surface area contributed by atoms with E-state index in [0.29, 0.717) is 0 Å². The summed E-state index contributed by atoms with van der Waals surface area (Å²) in [5, 5.41) is 0.230. The Kier molecular flexibility index (Phi) is 8.67. The largest absolute Gasteiger partial charge is 0.205 e. The topological polar surface area (TPSA) is 0 Å². The zero-order valence-electron chi connectivity index (χ0n) is 14.6. The van der Waals surface area contributed by atoms with E-state index >= 15 is 0 Å². The molecule has 0 atom stereocenters. The quantitative estimate of drug-likeness (QED) is 0.330. The summed E-state index contributed by atoms with van der Waals surface area (Å²) in [6.07, 6.45) is 12.1. The molecule has 0 unspecified atom stereocenters. The van der Waals surface area contributed by atoms with Crippen molar-refractivity contribution in [2.45, 2.75) is 82.8 Å². The van der Waals surface area contributed by atoms with Gasteiger partial charge >= 0.3 is 0 Å². The predicted molar refractivity (Wildman–Crippen MR) is 103 cm³/mol. The SMILES string of the molecule is CCCCC[Si@H]1CC[C@H](CCCCc2ccc(Cl)c(F)c2)CC1. The van der Waals surface area contributed by atoms with Gasteiger partial charge in [0.15, 0.2) is 0 Å². The van der Waals surface area contributed by atoms with Gasteiger partial charge in [-0.3, -0.25) is 0 Å². The summed E-state index contributed by atoms with van der Waals surface area (Å²) in [6.45, 7) is 2.30. The second kappa shape index (κ2) is 10.5. The Balaban J connectivity index is 1.56. The van der Waals surface area contributed by atoms with E-state index in [9.17, 15) is 4.39 Å². The molecule has 1 heterocycles. The van der Waals surface area contributed by atoms with E-state index in [1.165, 1.54) is 51.4 Å². The van der Waals surface area contributed by atoms with Gasteiger partial charge in [0.25, 0.3) is 0 Å². The third-order valence-electron chi connectivity index (χ3n) is 5.49. The molecule has 1 aromatic rings. The number of hydrogen-bond donors (Lipinski definition) is 0. The molecule has 0 nitrogen and oxygen atoms in total. The van der Waals surface area contributed by atoms with E-state index in [1.54, 1.807) is 30.3 Å². The van der Waals surface area contributed by atoms with Gasteiger partial charge < -0.3 is 0 Å². The van der Waals surface area contributed by atoms with Gasteiger partial charge in [0.2, 0.25) is 0 Å². The average Bonchev–Trinajstić information content (AvgIpc) is 2.56. The molecule has 0 spiro atoms. The Morgan fingerprint density at radius 1 is 1.13 bits per heavy atom. The Hall–Kier alpha value is -0.343. The van der Waals surface area contributed by atoms with Gasteiger partial charge in [-0.15, -0.1) is 0 Å². The number of halogens is 2. The first-order valence-electron chi connectivity index (χ1n) is 9.63. The van der Waals surface area contributed by atoms with Crippen molar-refractivity contribution in [3.05, 3.63) is 34.6 Å². The summed E-state index contributed by atoms with van der Waals surface area (Å²) in [7, 11) is -0.351. The van der Waals surface area contributed by atoms with E-state index in [-0.39, 0.29) is 19.6 Å². The Bertz CT molecular complexity index is 455. The van der Waals surface area contributed by atoms with Gasteiger partial charge in [-0.05, 0) is 36.5 Å². The van der Waals surface area contributed by atoms with Crippen LogP contribution in [0, 0.1) is 11.7 Å². The molecule has 2 rings (SSSR count). The van der Waals surface area contributed by atoms with Gasteiger partial charge in [-0.1, -0.05) is 87.7 Å². The zero-order valence-corrected chi connectivity index (χ0v) is 16.5. The molecule has 0 saturated carbocycles. The fraction of sp³-hybridized carbons (Fsp3) is 0.700. The highest BCUT2D eigenvalue weighted by Gasteiger charge is 2.21. The van der Waals surface area contributed by atoms with E-state index in [0.717, 1.165) is 17.9 Å². The van der Waals surface area contributed by atoms with Crippen LogP contribution < -0.4 is 0 Å². The molecule has 1 aromatic carbocycles. The first kappa shape index (κ1) is 19.0. The molecule has 1 fully saturated rings. The summed E-state index contributed by atoms with van der Waals surface area (Å²) >= 11 is 5.72. The second-order valence-electron chi connectivity index (χ2n) is 7.38. The highest BCUT2D eigenvalue weighted by Crippen LogP contribution is 2.31. The summed E-state index contributed by atoms with van der Waals surface area (Å²) in [4.78, 5) is 0. The van der Waals surface area contributed by atoms with E-state index in [2.05, 4.69) is 6.92 Å². The lowest BCUT2D eigenvalue weighted by molar-refractivity contribution is 0.417. The minimum absolute atomic E-state index is 0.230. The van der Waals surface area contributed by atoms with Gasteiger partial charge in [-0.25, -0.2) is 4.39 Å². The van der Waals surface area contributed by atoms with Crippen LogP contribution in [0.25, 0.3) is 0 Å². The number of hydrogen-bond acceptors (Lipinski definition) is 0. The molecule has 1 aliphatic heterocycles. The van der Waals surface area contributed by atoms with E-state index in [1.807, 2.05) is 6.07 Å². The minimum atomic E-state index is -0.351. The number of rotatable bonds is 9. The fourth-order valence-corrected chi connectivity index (χ4v) is 7.68. The number of benzene rings is 1. The van der Waals surface area contributed by atoms with Crippen molar-refractivity contribution in [1.82, 2.24) is 0 Å². The monoisotopic (exact) mass is 354 g/mol. The van der Waals surface area contributed by atoms with Gasteiger partial charge in [0, 0.05) is 8.80 Å². The third-order valence-corrected chi connectivity index (χ3v) is 9.33. The molecule has 1 saturated heterocycles. The van der Waals surface area contributed by atoms with Crippen LogP contribution in [-0.4, -0.2) is 8.80 Å². The maximum Gasteiger partial charge on any atom is 0.142 e. The molecule has 1 aliphatic rings. The molecule has 0 amide bonds. The normalized spacial score (nSPS) is 21.5. The summed E-state index contributed by atoms with van der Waals surface area (Å²) < 4.78 is 13.4. The standard InChI is InChI=1S/C20H32ClFSi/c1-2-3-6-13-23-14-11-17(12-15-23)7-4-5-8-18-9-10-19(21)20(22)16-18/h9-10,16-17,23H,2-8,11-15H2,1H3/t17-,23-. The molecular formula is C20H32ClFSi. The van der Waals surface area contributed by atoms with Gasteiger partial charge in [-0.2, -0.15) is 0 Å². The maximum atomic E-state index is 13.4. The lowest BCUT2D eigenvalue weighted by atomic mass is 9.95.